The fourth-order valence-corrected chi connectivity index (χ4v) is 4.38. The van der Waals surface area contributed by atoms with Crippen molar-refractivity contribution in [3.05, 3.63) is 76.8 Å². The van der Waals surface area contributed by atoms with Crippen LogP contribution < -0.4 is 21.5 Å². The van der Waals surface area contributed by atoms with Gasteiger partial charge in [0.15, 0.2) is 11.6 Å². The molecule has 182 valence electrons. The van der Waals surface area contributed by atoms with Crippen molar-refractivity contribution >= 4 is 22.8 Å². The van der Waals surface area contributed by atoms with Crippen LogP contribution in [0.3, 0.4) is 0 Å². The summed E-state index contributed by atoms with van der Waals surface area (Å²) in [5, 5.41) is 2.83. The minimum atomic E-state index is -0.825. The van der Waals surface area contributed by atoms with E-state index >= 15 is 0 Å². The molecule has 1 aliphatic carbocycles. The van der Waals surface area contributed by atoms with Gasteiger partial charge >= 0.3 is 5.69 Å². The van der Waals surface area contributed by atoms with Gasteiger partial charge in [-0.1, -0.05) is 5.92 Å². The largest absolute Gasteiger partial charge is 0.454 e. The fourth-order valence-electron chi connectivity index (χ4n) is 4.38. The number of carbonyl (C=O) groups excluding carboxylic acids is 1. The van der Waals surface area contributed by atoms with Crippen LogP contribution in [0.5, 0.6) is 11.5 Å². The zero-order valence-electron chi connectivity index (χ0n) is 19.2. The lowest BCUT2D eigenvalue weighted by Crippen LogP contribution is -2.46. The number of nitrogens with one attached hydrogen (secondary N) is 1. The molecular weight excluding hydrogens is 468 g/mol. The van der Waals surface area contributed by atoms with Crippen molar-refractivity contribution in [1.82, 2.24) is 19.4 Å². The maximum atomic E-state index is 13.9. The predicted octanol–water partition coefficient (Wildman–Crippen LogP) is 3.68. The number of nitrogen functional groups attached to an aromatic ring is 1. The van der Waals surface area contributed by atoms with Gasteiger partial charge in [0.1, 0.15) is 22.9 Å². The second-order valence-electron chi connectivity index (χ2n) is 8.39. The van der Waals surface area contributed by atoms with Gasteiger partial charge in [-0.05, 0) is 68.2 Å². The second-order valence-corrected chi connectivity index (χ2v) is 8.39. The Kier molecular flexibility index (Phi) is 5.90. The normalized spacial score (nSPS) is 16.6. The molecule has 1 saturated carbocycles. The smallest absolute Gasteiger partial charge is 0.334 e. The van der Waals surface area contributed by atoms with Crippen LogP contribution in [0.4, 0.5) is 14.6 Å². The van der Waals surface area contributed by atoms with E-state index < -0.39 is 11.6 Å². The minimum Gasteiger partial charge on any atom is -0.454 e. The molecule has 1 aliphatic rings. The summed E-state index contributed by atoms with van der Waals surface area (Å²) in [6.07, 6.45) is 2.70. The van der Waals surface area contributed by atoms with E-state index in [1.54, 1.807) is 48.0 Å². The second kappa shape index (κ2) is 9.19. The SMILES string of the molecule is CC#CC(=O)N[C@H]1C[C@@H](n2c(=O)n(-c3ccc(Oc4ccc(F)cc4F)cc3)c3c(N)nccc32)C1. The number of nitrogens with zero attached hydrogens (tertiary/aromatic N) is 3. The Morgan fingerprint density at radius 2 is 1.92 bits per heavy atom. The Bertz CT molecular complexity index is 1590. The van der Waals surface area contributed by atoms with Gasteiger partial charge in [0.25, 0.3) is 5.91 Å². The van der Waals surface area contributed by atoms with Crippen molar-refractivity contribution in [3.8, 4) is 29.0 Å². The Balaban J connectivity index is 1.46. The number of anilines is 1. The van der Waals surface area contributed by atoms with Gasteiger partial charge in [0.05, 0.1) is 11.2 Å². The van der Waals surface area contributed by atoms with Crippen LogP contribution in [-0.4, -0.2) is 26.1 Å². The highest BCUT2D eigenvalue weighted by atomic mass is 19.1. The molecular formula is C26H21F2N5O3. The van der Waals surface area contributed by atoms with E-state index in [0.29, 0.717) is 35.3 Å². The van der Waals surface area contributed by atoms with Gasteiger partial charge in [-0.25, -0.2) is 18.6 Å². The lowest BCUT2D eigenvalue weighted by molar-refractivity contribution is -0.117. The molecule has 0 atom stereocenters. The molecule has 2 aromatic heterocycles. The van der Waals surface area contributed by atoms with Crippen LogP contribution in [0, 0.1) is 23.5 Å². The zero-order chi connectivity index (χ0) is 25.4. The number of hydrogen-bond donors (Lipinski definition) is 2. The van der Waals surface area contributed by atoms with E-state index in [1.165, 1.54) is 10.6 Å². The number of halogens is 2. The molecule has 1 fully saturated rings. The summed E-state index contributed by atoms with van der Waals surface area (Å²) < 4.78 is 35.7. The summed E-state index contributed by atoms with van der Waals surface area (Å²) in [4.78, 5) is 29.5. The molecule has 2 heterocycles. The minimum absolute atomic E-state index is 0.0730. The molecule has 5 rings (SSSR count). The summed E-state index contributed by atoms with van der Waals surface area (Å²) in [6, 6.07) is 11.0. The zero-order valence-corrected chi connectivity index (χ0v) is 19.2. The van der Waals surface area contributed by atoms with Gasteiger partial charge < -0.3 is 15.8 Å². The van der Waals surface area contributed by atoms with Crippen LogP contribution in [-0.2, 0) is 4.79 Å². The third-order valence-electron chi connectivity index (χ3n) is 6.08. The quantitative estimate of drug-likeness (QED) is 0.416. The summed E-state index contributed by atoms with van der Waals surface area (Å²) in [5.74, 6) is 3.53. The highest BCUT2D eigenvalue weighted by molar-refractivity contribution is 5.93. The number of aromatic nitrogens is 3. The standard InChI is InChI=1S/C26H21F2N5O3/c1-2-3-23(34)31-16-13-18(14-16)32-21-10-11-30-25(29)24(21)33(26(32)35)17-5-7-19(8-6-17)36-22-9-4-15(27)12-20(22)28/h4-12,16,18H,13-14H2,1H3,(H2,29,30)(H,31,34)/t16-,18+. The molecule has 10 heteroatoms. The van der Waals surface area contributed by atoms with E-state index in [-0.39, 0.29) is 35.2 Å². The molecule has 4 aromatic rings. The number of imidazole rings is 1. The molecule has 0 radical (unpaired) electrons. The molecule has 0 bridgehead atoms. The van der Waals surface area contributed by atoms with E-state index in [2.05, 4.69) is 22.1 Å². The lowest BCUT2D eigenvalue weighted by Gasteiger charge is -2.36. The number of hydrogen-bond acceptors (Lipinski definition) is 5. The van der Waals surface area contributed by atoms with Crippen LogP contribution in [0.1, 0.15) is 25.8 Å². The summed E-state index contributed by atoms with van der Waals surface area (Å²) in [7, 11) is 0. The van der Waals surface area contributed by atoms with Crippen LogP contribution >= 0.6 is 0 Å². The van der Waals surface area contributed by atoms with Gasteiger partial charge in [-0.15, -0.1) is 0 Å². The van der Waals surface area contributed by atoms with Crippen molar-refractivity contribution in [3.63, 3.8) is 0 Å². The first kappa shape index (κ1) is 23.1. The maximum absolute atomic E-state index is 13.9. The number of ether oxygens (including phenoxy) is 1. The van der Waals surface area contributed by atoms with E-state index in [0.717, 1.165) is 12.1 Å². The first-order valence-electron chi connectivity index (χ1n) is 11.2. The van der Waals surface area contributed by atoms with Crippen LogP contribution in [0.15, 0.2) is 59.5 Å². The average Bonchev–Trinajstić information content (AvgIpc) is 3.11. The van der Waals surface area contributed by atoms with Crippen LogP contribution in [0.2, 0.25) is 0 Å². The van der Waals surface area contributed by atoms with Crippen molar-refractivity contribution < 1.29 is 18.3 Å². The van der Waals surface area contributed by atoms with E-state index in [4.69, 9.17) is 10.5 Å². The van der Waals surface area contributed by atoms with Gasteiger partial charge in [-0.3, -0.25) is 13.9 Å². The van der Waals surface area contributed by atoms with Crippen molar-refractivity contribution in [1.29, 1.82) is 0 Å². The van der Waals surface area contributed by atoms with Crippen molar-refractivity contribution in [2.45, 2.75) is 31.8 Å². The maximum Gasteiger partial charge on any atom is 0.334 e. The predicted molar refractivity (Wildman–Crippen MR) is 130 cm³/mol. The Labute approximate surface area is 204 Å². The van der Waals surface area contributed by atoms with Crippen molar-refractivity contribution in [2.75, 3.05) is 5.73 Å². The number of carbonyl (C=O) groups is 1. The first-order chi connectivity index (χ1) is 17.4. The number of benzene rings is 2. The molecule has 1 amide bonds. The monoisotopic (exact) mass is 489 g/mol. The molecule has 2 aromatic carbocycles. The van der Waals surface area contributed by atoms with Crippen LogP contribution in [0.25, 0.3) is 16.7 Å². The Hall–Kier alpha value is -4.65. The first-order valence-corrected chi connectivity index (χ1v) is 11.2. The number of fused-ring (bicyclic) bond motifs is 1. The van der Waals surface area contributed by atoms with E-state index in [1.807, 2.05) is 0 Å². The number of rotatable bonds is 5. The number of pyridine rings is 1. The Morgan fingerprint density at radius 3 is 2.61 bits per heavy atom. The fraction of sp³-hybridized carbons (Fsp3) is 0.192. The highest BCUT2D eigenvalue weighted by Gasteiger charge is 2.34. The molecule has 0 saturated heterocycles. The molecule has 0 aliphatic heterocycles. The summed E-state index contributed by atoms with van der Waals surface area (Å²) >= 11 is 0. The lowest BCUT2D eigenvalue weighted by atomic mass is 9.86. The molecule has 0 spiro atoms. The Morgan fingerprint density at radius 1 is 1.17 bits per heavy atom. The molecule has 8 nitrogen and oxygen atoms in total. The third-order valence-corrected chi connectivity index (χ3v) is 6.08. The van der Waals surface area contributed by atoms with E-state index in [9.17, 15) is 18.4 Å². The van der Waals surface area contributed by atoms with Crippen molar-refractivity contribution in [2.24, 2.45) is 0 Å². The summed E-state index contributed by atoms with van der Waals surface area (Å²) in [6.45, 7) is 1.59. The van der Waals surface area contributed by atoms with Gasteiger partial charge in [0.2, 0.25) is 0 Å². The summed E-state index contributed by atoms with van der Waals surface area (Å²) in [5.41, 5.74) is 7.47. The van der Waals surface area contributed by atoms with Gasteiger partial charge in [-0.2, -0.15) is 0 Å². The highest BCUT2D eigenvalue weighted by Crippen LogP contribution is 2.35. The molecule has 36 heavy (non-hydrogen) atoms. The molecule has 3 N–H and O–H groups in total. The topological polar surface area (TPSA) is 104 Å². The average molecular weight is 489 g/mol. The third kappa shape index (κ3) is 4.15. The number of amides is 1. The molecule has 0 unspecified atom stereocenters. The van der Waals surface area contributed by atoms with Gasteiger partial charge in [0, 0.05) is 24.3 Å². The number of nitrogens with two attached hydrogens (primary N) is 1.